The van der Waals surface area contributed by atoms with Crippen molar-refractivity contribution in [3.05, 3.63) is 36.5 Å². The fraction of sp³-hybridized carbons (Fsp3) is 0.878. The van der Waals surface area contributed by atoms with E-state index in [2.05, 4.69) is 57.2 Å². The molecule has 1 aliphatic carbocycles. The van der Waals surface area contributed by atoms with Crippen LogP contribution in [0.4, 0.5) is 0 Å². The summed E-state index contributed by atoms with van der Waals surface area (Å²) in [5.41, 5.74) is 0. The Kier molecular flexibility index (Phi) is 50.8. The molecule has 11 N–H and O–H groups in total. The second-order valence-electron chi connectivity index (χ2n) is 27.3. The Bertz CT molecular complexity index is 2190. The highest BCUT2D eigenvalue weighted by atomic mass is 31.2. The molecule has 0 aromatic heterocycles. The highest BCUT2D eigenvalue weighted by molar-refractivity contribution is 7.47. The number of phosphoric acid groups is 1. The zero-order valence-electron chi connectivity index (χ0n) is 60.3. The quantitative estimate of drug-likeness (QED) is 0.00886. The van der Waals surface area contributed by atoms with Gasteiger partial charge in [-0.1, -0.05) is 205 Å². The van der Waals surface area contributed by atoms with Crippen LogP contribution in [0.1, 0.15) is 284 Å². The topological polar surface area (TPSA) is 374 Å². The number of aliphatic hydroxyl groups excluding tert-OH is 10. The van der Waals surface area contributed by atoms with Gasteiger partial charge >= 0.3 is 25.7 Å². The maximum Gasteiger partial charge on any atom is 0.472 e. The number of rotatable bonds is 59. The van der Waals surface area contributed by atoms with Crippen LogP contribution in [0.5, 0.6) is 0 Å². The first-order valence-electron chi connectivity index (χ1n) is 38.3. The van der Waals surface area contributed by atoms with Crippen molar-refractivity contribution in [2.75, 3.05) is 26.4 Å². The van der Waals surface area contributed by atoms with Gasteiger partial charge in [-0.25, -0.2) is 4.57 Å². The number of esters is 3. The first-order valence-corrected chi connectivity index (χ1v) is 39.8. The van der Waals surface area contributed by atoms with E-state index in [0.717, 1.165) is 128 Å². The molecule has 25 heteroatoms. The Labute approximate surface area is 591 Å². The highest BCUT2D eigenvalue weighted by Gasteiger charge is 2.58. The van der Waals surface area contributed by atoms with E-state index in [1.165, 1.54) is 89.9 Å². The van der Waals surface area contributed by atoms with E-state index in [4.69, 9.17) is 42.2 Å². The zero-order valence-corrected chi connectivity index (χ0v) is 61.2. The van der Waals surface area contributed by atoms with Crippen LogP contribution in [-0.4, -0.2) is 204 Å². The Morgan fingerprint density at radius 3 is 1.11 bits per heavy atom. The molecule has 0 bridgehead atoms. The molecule has 578 valence electrons. The lowest BCUT2D eigenvalue weighted by Crippen LogP contribution is -2.69. The van der Waals surface area contributed by atoms with Gasteiger partial charge in [0.25, 0.3) is 0 Å². The zero-order chi connectivity index (χ0) is 72.5. The Hall–Kier alpha value is -2.82. The summed E-state index contributed by atoms with van der Waals surface area (Å²) in [5, 5.41) is 110. The van der Waals surface area contributed by atoms with Gasteiger partial charge in [-0.2, -0.15) is 0 Å². The van der Waals surface area contributed by atoms with Crippen LogP contribution in [0.3, 0.4) is 0 Å². The standard InChI is InChI=1S/C74H133O24P/c1-4-7-10-13-16-19-22-25-28-31-33-36-39-42-45-48-58(76)90-52-55(93-60(78)50-47-44-41-38-35-30-27-24-21-18-15-12-9-6-3)53-92-99(88,89)98-72-70(96-73-68(86)63(81)61(79)56(51-75)94-73)66(84)65(83)67(85)71(72)97-74-69(87)64(82)62(80)57(95-74)54-91-59(77)49-46-43-40-37-34-32-29-26-23-20-17-14-11-8-5-2/h19-20,22-23,30,35,55-57,61-75,79-87H,4-18,21,24-29,31-34,36-54H2,1-3H3,(H,88,89)/b22-19-,23-20-,35-30-. The van der Waals surface area contributed by atoms with E-state index >= 15 is 0 Å². The van der Waals surface area contributed by atoms with Gasteiger partial charge in [0.15, 0.2) is 18.7 Å². The largest absolute Gasteiger partial charge is 0.472 e. The predicted octanol–water partition coefficient (Wildman–Crippen LogP) is 10.7. The third-order valence-corrected chi connectivity index (χ3v) is 19.6. The molecule has 0 amide bonds. The number of carbonyl (C=O) groups excluding carboxylic acids is 3. The fourth-order valence-corrected chi connectivity index (χ4v) is 13.3. The maximum atomic E-state index is 14.3. The van der Waals surface area contributed by atoms with Crippen molar-refractivity contribution in [3.8, 4) is 0 Å². The normalized spacial score (nSPS) is 27.7. The van der Waals surface area contributed by atoms with Crippen LogP contribution >= 0.6 is 7.82 Å². The minimum Gasteiger partial charge on any atom is -0.463 e. The number of aliphatic hydroxyl groups is 10. The van der Waals surface area contributed by atoms with Crippen LogP contribution in [0.15, 0.2) is 36.5 Å². The van der Waals surface area contributed by atoms with Gasteiger partial charge in [0.2, 0.25) is 0 Å². The molecule has 3 rings (SSSR count). The second-order valence-corrected chi connectivity index (χ2v) is 28.8. The Balaban J connectivity index is 1.73. The van der Waals surface area contributed by atoms with E-state index in [9.17, 15) is 74.9 Å². The maximum absolute atomic E-state index is 14.3. The number of carbonyl (C=O) groups is 3. The number of hydrogen-bond donors (Lipinski definition) is 11. The highest BCUT2D eigenvalue weighted by Crippen LogP contribution is 2.49. The van der Waals surface area contributed by atoms with Gasteiger partial charge in [-0.3, -0.25) is 23.4 Å². The summed E-state index contributed by atoms with van der Waals surface area (Å²) in [6.45, 7) is 3.40. The van der Waals surface area contributed by atoms with Crippen LogP contribution < -0.4 is 0 Å². The van der Waals surface area contributed by atoms with Crippen molar-refractivity contribution in [3.63, 3.8) is 0 Å². The lowest BCUT2D eigenvalue weighted by Gasteiger charge is -2.49. The smallest absolute Gasteiger partial charge is 0.463 e. The molecule has 18 unspecified atom stereocenters. The molecule has 0 radical (unpaired) electrons. The lowest BCUT2D eigenvalue weighted by atomic mass is 9.84. The molecule has 18 atom stereocenters. The summed E-state index contributed by atoms with van der Waals surface area (Å²) in [5.74, 6) is -2.02. The van der Waals surface area contributed by atoms with Crippen LogP contribution in [0, 0.1) is 0 Å². The molecule has 0 aromatic rings. The fourth-order valence-electron chi connectivity index (χ4n) is 12.3. The van der Waals surface area contributed by atoms with Gasteiger partial charge in [0.1, 0.15) is 98.7 Å². The molecule has 2 saturated heterocycles. The van der Waals surface area contributed by atoms with E-state index in [-0.39, 0.29) is 19.3 Å². The van der Waals surface area contributed by atoms with Gasteiger partial charge < -0.3 is 89.1 Å². The molecule has 0 aromatic carbocycles. The molecule has 3 fully saturated rings. The molecular weight excluding hydrogens is 1300 g/mol. The molecule has 3 aliphatic rings. The summed E-state index contributed by atoms with van der Waals surface area (Å²) < 4.78 is 65.0. The van der Waals surface area contributed by atoms with E-state index < -0.39 is 156 Å². The number of ether oxygens (including phenoxy) is 7. The third kappa shape index (κ3) is 38.7. The molecule has 0 spiro atoms. The number of hydrogen-bond acceptors (Lipinski definition) is 23. The summed E-state index contributed by atoms with van der Waals surface area (Å²) in [6.07, 6.45) is 17.7. The van der Waals surface area contributed by atoms with Gasteiger partial charge in [-0.15, -0.1) is 0 Å². The van der Waals surface area contributed by atoms with Crippen molar-refractivity contribution in [1.82, 2.24) is 0 Å². The van der Waals surface area contributed by atoms with Crippen molar-refractivity contribution in [2.45, 2.75) is 388 Å². The molecule has 1 saturated carbocycles. The van der Waals surface area contributed by atoms with Crippen molar-refractivity contribution >= 4 is 25.7 Å². The number of allylic oxidation sites excluding steroid dienone is 6. The molecule has 2 heterocycles. The first-order chi connectivity index (χ1) is 47.8. The summed E-state index contributed by atoms with van der Waals surface area (Å²) in [4.78, 5) is 51.0. The molecule has 99 heavy (non-hydrogen) atoms. The monoisotopic (exact) mass is 1440 g/mol. The van der Waals surface area contributed by atoms with Crippen LogP contribution in [-0.2, 0) is 61.2 Å². The number of unbranched alkanes of at least 4 members (excludes halogenated alkanes) is 32. The summed E-state index contributed by atoms with van der Waals surface area (Å²) in [6, 6.07) is 0. The van der Waals surface area contributed by atoms with Gasteiger partial charge in [-0.05, 0) is 96.3 Å². The van der Waals surface area contributed by atoms with Crippen LogP contribution in [0.2, 0.25) is 0 Å². The Morgan fingerprint density at radius 2 is 0.707 bits per heavy atom. The van der Waals surface area contributed by atoms with E-state index in [0.29, 0.717) is 25.7 Å². The Morgan fingerprint density at radius 1 is 0.384 bits per heavy atom. The average molecular weight is 1440 g/mol. The summed E-state index contributed by atoms with van der Waals surface area (Å²) >= 11 is 0. The molecule has 24 nitrogen and oxygen atoms in total. The van der Waals surface area contributed by atoms with E-state index in [1.807, 2.05) is 0 Å². The van der Waals surface area contributed by atoms with Gasteiger partial charge in [0.05, 0.1) is 13.2 Å². The minimum absolute atomic E-state index is 0.0218. The second kappa shape index (κ2) is 55.6. The van der Waals surface area contributed by atoms with Crippen molar-refractivity contribution in [2.24, 2.45) is 0 Å². The van der Waals surface area contributed by atoms with Crippen LogP contribution in [0.25, 0.3) is 0 Å². The molecule has 2 aliphatic heterocycles. The van der Waals surface area contributed by atoms with E-state index in [1.54, 1.807) is 0 Å². The minimum atomic E-state index is -5.70. The first kappa shape index (κ1) is 90.4. The molecular formula is C74H133O24P. The average Bonchev–Trinajstić information content (AvgIpc) is 0.762. The predicted molar refractivity (Wildman–Crippen MR) is 374 cm³/mol. The number of phosphoric ester groups is 1. The SMILES string of the molecule is CCCCCC/C=C\CCCCCCCCCC(=O)OCC(COP(=O)(O)OC1C(OC2OC(CO)C(O)C(O)C2O)C(O)C(O)C(O)C1OC1OC(COC(=O)CCCCCCCCC/C=C\CCCCCC)C(O)C(O)C1O)OC(=O)CCCCC/C=C\CCCCCCCCC. The van der Waals surface area contributed by atoms with Gasteiger partial charge in [0, 0.05) is 19.3 Å². The van der Waals surface area contributed by atoms with Crippen molar-refractivity contribution < 1.29 is 117 Å². The summed E-state index contributed by atoms with van der Waals surface area (Å²) in [7, 11) is -5.70. The third-order valence-electron chi connectivity index (χ3n) is 18.6. The van der Waals surface area contributed by atoms with Crippen molar-refractivity contribution in [1.29, 1.82) is 0 Å². The lowest BCUT2D eigenvalue weighted by molar-refractivity contribution is -0.360.